The summed E-state index contributed by atoms with van der Waals surface area (Å²) in [6.07, 6.45) is 4.83. The van der Waals surface area contributed by atoms with E-state index in [9.17, 15) is 14.4 Å². The lowest BCUT2D eigenvalue weighted by Crippen LogP contribution is -2.40. The number of carbonyl (C=O) groups is 3. The van der Waals surface area contributed by atoms with E-state index in [4.69, 9.17) is 4.74 Å². The minimum absolute atomic E-state index is 0.178. The van der Waals surface area contributed by atoms with Crippen molar-refractivity contribution in [3.05, 3.63) is 83.8 Å². The monoisotopic (exact) mass is 586 g/mol. The lowest BCUT2D eigenvalue weighted by Gasteiger charge is -2.21. The molecule has 218 valence electrons. The number of rotatable bonds is 8. The summed E-state index contributed by atoms with van der Waals surface area (Å²) in [7, 11) is 3.24. The molecule has 0 spiro atoms. The second-order valence-corrected chi connectivity index (χ2v) is 11.5. The first-order valence-corrected chi connectivity index (χ1v) is 14.2. The smallest absolute Gasteiger partial charge is 0.407 e. The zero-order chi connectivity index (χ0) is 30.3. The van der Waals surface area contributed by atoms with E-state index in [1.54, 1.807) is 47.1 Å². The molecule has 0 bridgehead atoms. The van der Waals surface area contributed by atoms with Gasteiger partial charge in [-0.2, -0.15) is 9.78 Å². The molecule has 0 saturated heterocycles. The molecular weight excluding hydrogens is 552 g/mol. The SMILES string of the molecule is CNC(=O)c1ccccc1Sc1ccc2c(/C=C/c3ccccn3)nn(C(=O)N(C)CCNC(=O)OC(C)(C)C)c2c1. The summed E-state index contributed by atoms with van der Waals surface area (Å²) >= 11 is 1.43. The lowest BCUT2D eigenvalue weighted by atomic mass is 10.2. The van der Waals surface area contributed by atoms with Gasteiger partial charge in [-0.05, 0) is 75.4 Å². The van der Waals surface area contributed by atoms with Crippen LogP contribution in [0.4, 0.5) is 9.59 Å². The molecule has 0 atom stereocenters. The number of nitrogens with zero attached hydrogens (tertiary/aromatic N) is 4. The Kier molecular flexibility index (Phi) is 9.64. The third kappa shape index (κ3) is 7.76. The van der Waals surface area contributed by atoms with Gasteiger partial charge in [0.2, 0.25) is 0 Å². The molecule has 2 heterocycles. The fraction of sp³-hybridized carbons (Fsp3) is 0.258. The van der Waals surface area contributed by atoms with Crippen LogP contribution in [0, 0.1) is 0 Å². The standard InChI is InChI=1S/C31H34N6O4S/c1-31(2,3)41-29(39)34-18-19-36(5)30(40)37-26-20-22(42-27-12-7-6-11-24(27)28(38)32-4)14-15-23(26)25(35-37)16-13-21-10-8-9-17-33-21/h6-17,20H,18-19H2,1-5H3,(H,32,38)(H,34,39)/b16-13+. The second-order valence-electron chi connectivity index (χ2n) is 10.4. The maximum atomic E-state index is 13.6. The van der Waals surface area contributed by atoms with E-state index in [2.05, 4.69) is 20.7 Å². The van der Waals surface area contributed by atoms with Gasteiger partial charge >= 0.3 is 12.1 Å². The van der Waals surface area contributed by atoms with Gasteiger partial charge in [-0.3, -0.25) is 9.78 Å². The van der Waals surface area contributed by atoms with Crippen molar-refractivity contribution in [2.24, 2.45) is 0 Å². The third-order valence-corrected chi connectivity index (χ3v) is 7.06. The molecule has 2 aromatic carbocycles. The van der Waals surface area contributed by atoms with Crippen molar-refractivity contribution in [2.45, 2.75) is 36.2 Å². The van der Waals surface area contributed by atoms with Crippen molar-refractivity contribution in [1.82, 2.24) is 30.3 Å². The van der Waals surface area contributed by atoms with Crippen molar-refractivity contribution >= 4 is 52.8 Å². The van der Waals surface area contributed by atoms with Gasteiger partial charge in [-0.15, -0.1) is 0 Å². The number of nitrogens with one attached hydrogen (secondary N) is 2. The van der Waals surface area contributed by atoms with Crippen LogP contribution in [0.5, 0.6) is 0 Å². The Morgan fingerprint density at radius 1 is 1.05 bits per heavy atom. The number of fused-ring (bicyclic) bond motifs is 1. The Morgan fingerprint density at radius 2 is 1.81 bits per heavy atom. The molecule has 0 fully saturated rings. The van der Waals surface area contributed by atoms with Gasteiger partial charge in [0.25, 0.3) is 5.91 Å². The highest BCUT2D eigenvalue weighted by Crippen LogP contribution is 2.33. The summed E-state index contributed by atoms with van der Waals surface area (Å²) in [5, 5.41) is 10.8. The van der Waals surface area contributed by atoms with E-state index in [0.717, 1.165) is 20.9 Å². The van der Waals surface area contributed by atoms with E-state index < -0.39 is 11.7 Å². The number of likely N-dealkylation sites (N-methyl/N-ethyl adjacent to an activating group) is 1. The number of aromatic nitrogens is 3. The molecule has 3 amide bonds. The maximum Gasteiger partial charge on any atom is 0.407 e. The van der Waals surface area contributed by atoms with Gasteiger partial charge in [-0.25, -0.2) is 9.59 Å². The Hall–Kier alpha value is -4.64. The molecule has 0 aliphatic heterocycles. The van der Waals surface area contributed by atoms with Crippen LogP contribution in [-0.2, 0) is 4.74 Å². The number of pyridine rings is 1. The molecule has 2 aromatic heterocycles. The molecule has 11 heteroatoms. The first-order valence-electron chi connectivity index (χ1n) is 13.4. The predicted octanol–water partition coefficient (Wildman–Crippen LogP) is 5.54. The molecule has 42 heavy (non-hydrogen) atoms. The molecule has 0 aliphatic rings. The number of hydrogen-bond donors (Lipinski definition) is 2. The van der Waals surface area contributed by atoms with Gasteiger partial charge in [0.15, 0.2) is 0 Å². The summed E-state index contributed by atoms with van der Waals surface area (Å²) in [5.74, 6) is -0.178. The Bertz CT molecular complexity index is 1610. The molecule has 4 aromatic rings. The Balaban J connectivity index is 1.64. The van der Waals surface area contributed by atoms with Crippen LogP contribution in [0.1, 0.15) is 42.5 Å². The zero-order valence-electron chi connectivity index (χ0n) is 24.2. The molecule has 10 nitrogen and oxygen atoms in total. The second kappa shape index (κ2) is 13.3. The average molecular weight is 587 g/mol. The maximum absolute atomic E-state index is 13.6. The normalized spacial score (nSPS) is 11.5. The highest BCUT2D eigenvalue weighted by Gasteiger charge is 2.20. The van der Waals surface area contributed by atoms with Crippen LogP contribution in [-0.4, -0.2) is 70.5 Å². The van der Waals surface area contributed by atoms with Gasteiger partial charge in [0, 0.05) is 48.6 Å². The van der Waals surface area contributed by atoms with Crippen molar-refractivity contribution in [3.63, 3.8) is 0 Å². The van der Waals surface area contributed by atoms with E-state index in [1.165, 1.54) is 21.3 Å². The van der Waals surface area contributed by atoms with Gasteiger partial charge in [0.1, 0.15) is 5.60 Å². The van der Waals surface area contributed by atoms with E-state index in [0.29, 0.717) is 16.8 Å². The summed E-state index contributed by atoms with van der Waals surface area (Å²) in [4.78, 5) is 45.5. The summed E-state index contributed by atoms with van der Waals surface area (Å²) < 4.78 is 6.63. The molecule has 0 aliphatic carbocycles. The number of alkyl carbamates (subject to hydrolysis) is 1. The third-order valence-electron chi connectivity index (χ3n) is 5.99. The van der Waals surface area contributed by atoms with Gasteiger partial charge in [0.05, 0.1) is 22.5 Å². The van der Waals surface area contributed by atoms with E-state index >= 15 is 0 Å². The van der Waals surface area contributed by atoms with Crippen molar-refractivity contribution < 1.29 is 19.1 Å². The lowest BCUT2D eigenvalue weighted by molar-refractivity contribution is 0.0524. The molecule has 0 unspecified atom stereocenters. The van der Waals surface area contributed by atoms with Gasteiger partial charge in [-0.1, -0.05) is 30.0 Å². The summed E-state index contributed by atoms with van der Waals surface area (Å²) in [6.45, 7) is 5.81. The fourth-order valence-corrected chi connectivity index (χ4v) is 4.97. The van der Waals surface area contributed by atoms with Crippen molar-refractivity contribution in [1.29, 1.82) is 0 Å². The first kappa shape index (κ1) is 30.3. The van der Waals surface area contributed by atoms with E-state index in [-0.39, 0.29) is 25.0 Å². The summed E-state index contributed by atoms with van der Waals surface area (Å²) in [6, 6.07) is 18.3. The van der Waals surface area contributed by atoms with Crippen LogP contribution >= 0.6 is 11.8 Å². The minimum atomic E-state index is -0.616. The fourth-order valence-electron chi connectivity index (χ4n) is 3.99. The highest BCUT2D eigenvalue weighted by molar-refractivity contribution is 7.99. The van der Waals surface area contributed by atoms with Gasteiger partial charge < -0.3 is 20.3 Å². The van der Waals surface area contributed by atoms with Crippen LogP contribution in [0.25, 0.3) is 23.1 Å². The number of amides is 3. The largest absolute Gasteiger partial charge is 0.444 e. The topological polar surface area (TPSA) is 118 Å². The highest BCUT2D eigenvalue weighted by atomic mass is 32.2. The van der Waals surface area contributed by atoms with Crippen LogP contribution < -0.4 is 10.6 Å². The van der Waals surface area contributed by atoms with E-state index in [1.807, 2.05) is 66.7 Å². The number of hydrogen-bond acceptors (Lipinski definition) is 7. The Labute approximate surface area is 249 Å². The number of benzene rings is 2. The molecule has 2 N–H and O–H groups in total. The Morgan fingerprint density at radius 3 is 2.52 bits per heavy atom. The summed E-state index contributed by atoms with van der Waals surface area (Å²) in [5.41, 5.74) is 1.91. The van der Waals surface area contributed by atoms with Crippen LogP contribution in [0.2, 0.25) is 0 Å². The molecular formula is C31H34N6O4S. The van der Waals surface area contributed by atoms with Crippen molar-refractivity contribution in [3.8, 4) is 0 Å². The number of ether oxygens (including phenoxy) is 1. The molecule has 4 rings (SSSR count). The van der Waals surface area contributed by atoms with Crippen molar-refractivity contribution in [2.75, 3.05) is 27.2 Å². The zero-order valence-corrected chi connectivity index (χ0v) is 25.1. The van der Waals surface area contributed by atoms with Crippen LogP contribution in [0.3, 0.4) is 0 Å². The molecule has 0 radical (unpaired) electrons. The average Bonchev–Trinajstić information content (AvgIpc) is 3.32. The number of carbonyl (C=O) groups excluding carboxylic acids is 3. The van der Waals surface area contributed by atoms with Crippen LogP contribution in [0.15, 0.2) is 76.7 Å². The predicted molar refractivity (Wildman–Crippen MR) is 165 cm³/mol. The molecule has 0 saturated carbocycles. The minimum Gasteiger partial charge on any atom is -0.444 e. The quantitative estimate of drug-likeness (QED) is 0.278. The first-order chi connectivity index (χ1) is 20.1.